The van der Waals surface area contributed by atoms with Crippen molar-refractivity contribution in [1.29, 1.82) is 5.41 Å². The molecule has 0 radical (unpaired) electrons. The van der Waals surface area contributed by atoms with Crippen LogP contribution in [0.3, 0.4) is 0 Å². The van der Waals surface area contributed by atoms with Crippen LogP contribution in [0.5, 0.6) is 0 Å². The molecule has 1 aromatic heterocycles. The van der Waals surface area contributed by atoms with Crippen LogP contribution in [0, 0.1) is 17.1 Å². The topological polar surface area (TPSA) is 48.8 Å². The smallest absolute Gasteiger partial charge is 0.142 e. The van der Waals surface area contributed by atoms with Gasteiger partial charge < -0.3 is 10.7 Å². The number of allylic oxidation sites excluding steroid dienone is 1. The molecule has 0 atom stereocenters. The highest BCUT2D eigenvalue weighted by molar-refractivity contribution is 9.10. The molecule has 1 fully saturated rings. The van der Waals surface area contributed by atoms with Crippen LogP contribution in [0.15, 0.2) is 28.5 Å². The van der Waals surface area contributed by atoms with E-state index in [0.29, 0.717) is 10.9 Å². The number of nitrogens with one attached hydrogen (secondary N) is 2. The molecule has 2 rings (SSSR count). The van der Waals surface area contributed by atoms with Gasteiger partial charge in [-0.1, -0.05) is 0 Å². The molecule has 0 aliphatic heterocycles. The van der Waals surface area contributed by atoms with Gasteiger partial charge in [0, 0.05) is 29.9 Å². The lowest BCUT2D eigenvalue weighted by atomic mass is 10.1. The second-order valence-electron chi connectivity index (χ2n) is 4.47. The predicted molar refractivity (Wildman–Crippen MR) is 73.2 cm³/mol. The molecule has 96 valence electrons. The fraction of sp³-hybridized carbons (Fsp3) is 0.385. The molecule has 1 heterocycles. The van der Waals surface area contributed by atoms with Gasteiger partial charge in [-0.05, 0) is 46.3 Å². The molecule has 1 aliphatic rings. The van der Waals surface area contributed by atoms with E-state index < -0.39 is 0 Å². The molecule has 5 heteroatoms. The summed E-state index contributed by atoms with van der Waals surface area (Å²) >= 11 is 3.28. The summed E-state index contributed by atoms with van der Waals surface area (Å²) in [6.07, 6.45) is 7.46. The third-order valence-electron chi connectivity index (χ3n) is 2.83. The number of aromatic nitrogens is 1. The van der Waals surface area contributed by atoms with Crippen molar-refractivity contribution in [2.24, 2.45) is 5.92 Å². The van der Waals surface area contributed by atoms with E-state index >= 15 is 0 Å². The Bertz CT molecular complexity index is 469. The van der Waals surface area contributed by atoms with E-state index in [1.807, 2.05) is 6.20 Å². The highest BCUT2D eigenvalue weighted by Gasteiger charge is 2.19. The van der Waals surface area contributed by atoms with Gasteiger partial charge in [-0.2, -0.15) is 0 Å². The summed E-state index contributed by atoms with van der Waals surface area (Å²) in [5, 5.41) is 10.6. The number of hydrogen-bond donors (Lipinski definition) is 2. The van der Waals surface area contributed by atoms with Crippen LogP contribution in [0.25, 0.3) is 0 Å². The monoisotopic (exact) mass is 311 g/mol. The molecular formula is C13H15BrFN3. The first-order chi connectivity index (χ1) is 8.69. The number of hydrogen-bond acceptors (Lipinski definition) is 3. The van der Waals surface area contributed by atoms with Crippen molar-refractivity contribution in [3.63, 3.8) is 0 Å². The summed E-state index contributed by atoms with van der Waals surface area (Å²) in [4.78, 5) is 4.03. The van der Waals surface area contributed by atoms with Gasteiger partial charge in [0.25, 0.3) is 0 Å². The predicted octanol–water partition coefficient (Wildman–Crippen LogP) is 3.06. The Morgan fingerprint density at radius 1 is 1.61 bits per heavy atom. The first-order valence-corrected chi connectivity index (χ1v) is 6.71. The Labute approximate surface area is 114 Å². The lowest BCUT2D eigenvalue weighted by Crippen LogP contribution is -2.11. The van der Waals surface area contributed by atoms with Gasteiger partial charge in [0.1, 0.15) is 5.82 Å². The van der Waals surface area contributed by atoms with Crippen molar-refractivity contribution in [3.05, 3.63) is 40.0 Å². The molecule has 1 saturated carbocycles. The largest absolute Gasteiger partial charge is 0.390 e. The maximum absolute atomic E-state index is 12.9. The Hall–Kier alpha value is -1.23. The van der Waals surface area contributed by atoms with Crippen molar-refractivity contribution >= 4 is 22.1 Å². The summed E-state index contributed by atoms with van der Waals surface area (Å²) in [5.41, 5.74) is 1.56. The van der Waals surface area contributed by atoms with Crippen molar-refractivity contribution < 1.29 is 4.39 Å². The van der Waals surface area contributed by atoms with Gasteiger partial charge in [0.15, 0.2) is 0 Å². The first-order valence-electron chi connectivity index (χ1n) is 5.92. The first kappa shape index (κ1) is 13.2. The Morgan fingerprint density at radius 2 is 2.39 bits per heavy atom. The third kappa shape index (κ3) is 3.91. The van der Waals surface area contributed by atoms with Crippen LogP contribution in [-0.2, 0) is 6.42 Å². The number of rotatable bonds is 6. The van der Waals surface area contributed by atoms with E-state index in [-0.39, 0.29) is 5.82 Å². The molecule has 0 amide bonds. The zero-order valence-corrected chi connectivity index (χ0v) is 11.5. The average Bonchev–Trinajstić information content (AvgIpc) is 3.15. The molecule has 0 saturated heterocycles. The van der Waals surface area contributed by atoms with Gasteiger partial charge in [0.2, 0.25) is 0 Å². The van der Waals surface area contributed by atoms with Gasteiger partial charge in [0.05, 0.1) is 11.9 Å². The molecule has 1 aliphatic carbocycles. The van der Waals surface area contributed by atoms with E-state index in [4.69, 9.17) is 5.41 Å². The van der Waals surface area contributed by atoms with E-state index in [0.717, 1.165) is 23.7 Å². The minimum absolute atomic E-state index is 0.363. The molecular weight excluding hydrogens is 297 g/mol. The van der Waals surface area contributed by atoms with Crippen molar-refractivity contribution in [2.75, 3.05) is 6.54 Å². The van der Waals surface area contributed by atoms with Gasteiger partial charge in [-0.3, -0.25) is 4.98 Å². The number of halogens is 2. The fourth-order valence-electron chi connectivity index (χ4n) is 1.59. The van der Waals surface area contributed by atoms with E-state index in [9.17, 15) is 4.39 Å². The van der Waals surface area contributed by atoms with Crippen LogP contribution in [-0.4, -0.2) is 17.7 Å². The maximum Gasteiger partial charge on any atom is 0.142 e. The van der Waals surface area contributed by atoms with E-state index in [2.05, 4.69) is 26.2 Å². The lowest BCUT2D eigenvalue weighted by molar-refractivity contribution is 0.618. The molecule has 1 aromatic rings. The standard InChI is InChI=1S/C13H15BrFN3/c14-12-4-11(15)8-18-13(12)3-10(5-16)7-17-6-9-1-2-9/h4-5,7-9,16-17H,1-3,6H2/b10-7-,16-5?. The molecule has 0 aromatic carbocycles. The minimum atomic E-state index is -0.363. The highest BCUT2D eigenvalue weighted by atomic mass is 79.9. The summed E-state index contributed by atoms with van der Waals surface area (Å²) < 4.78 is 13.5. The number of nitrogens with zero attached hydrogens (tertiary/aromatic N) is 1. The normalized spacial score (nSPS) is 15.6. The zero-order valence-electron chi connectivity index (χ0n) is 9.92. The van der Waals surface area contributed by atoms with Crippen LogP contribution < -0.4 is 5.32 Å². The Balaban J connectivity index is 1.97. The molecule has 0 spiro atoms. The summed E-state index contributed by atoms with van der Waals surface area (Å²) in [6.45, 7) is 0.968. The number of pyridine rings is 1. The Kier molecular flexibility index (Phi) is 4.47. The summed E-state index contributed by atoms with van der Waals surface area (Å²) in [5.74, 6) is 0.432. The van der Waals surface area contributed by atoms with Crippen LogP contribution >= 0.6 is 15.9 Å². The second-order valence-corrected chi connectivity index (χ2v) is 5.33. The quantitative estimate of drug-likeness (QED) is 0.793. The van der Waals surface area contributed by atoms with Gasteiger partial charge >= 0.3 is 0 Å². The molecule has 0 unspecified atom stereocenters. The van der Waals surface area contributed by atoms with Crippen LogP contribution in [0.1, 0.15) is 18.5 Å². The van der Waals surface area contributed by atoms with E-state index in [1.165, 1.54) is 31.3 Å². The minimum Gasteiger partial charge on any atom is -0.390 e. The highest BCUT2D eigenvalue weighted by Crippen LogP contribution is 2.27. The fourth-order valence-corrected chi connectivity index (χ4v) is 2.05. The second kappa shape index (κ2) is 6.09. The lowest BCUT2D eigenvalue weighted by Gasteiger charge is -2.05. The molecule has 18 heavy (non-hydrogen) atoms. The van der Waals surface area contributed by atoms with Crippen molar-refractivity contribution in [2.45, 2.75) is 19.3 Å². The zero-order chi connectivity index (χ0) is 13.0. The van der Waals surface area contributed by atoms with Crippen LogP contribution in [0.4, 0.5) is 4.39 Å². The van der Waals surface area contributed by atoms with Crippen molar-refractivity contribution in [3.8, 4) is 0 Å². The van der Waals surface area contributed by atoms with Crippen LogP contribution in [0.2, 0.25) is 0 Å². The molecule has 0 bridgehead atoms. The average molecular weight is 312 g/mol. The summed E-state index contributed by atoms with van der Waals surface area (Å²) in [7, 11) is 0. The molecule has 2 N–H and O–H groups in total. The van der Waals surface area contributed by atoms with Gasteiger partial charge in [-0.25, -0.2) is 4.39 Å². The maximum atomic E-state index is 12.9. The summed E-state index contributed by atoms with van der Waals surface area (Å²) in [6, 6.07) is 1.39. The Morgan fingerprint density at radius 3 is 3.00 bits per heavy atom. The third-order valence-corrected chi connectivity index (χ3v) is 3.52. The van der Waals surface area contributed by atoms with E-state index in [1.54, 1.807) is 0 Å². The SMILES string of the molecule is N=C/C(=C\NCC1CC1)Cc1ncc(F)cc1Br. The van der Waals surface area contributed by atoms with Crippen molar-refractivity contribution in [1.82, 2.24) is 10.3 Å². The van der Waals surface area contributed by atoms with Gasteiger partial charge in [-0.15, -0.1) is 0 Å². The molecule has 3 nitrogen and oxygen atoms in total.